The molecule has 1 N–H and O–H groups in total. The number of carbonyl (C=O) groups excluding carboxylic acids is 1. The van der Waals surface area contributed by atoms with Crippen molar-refractivity contribution in [3.63, 3.8) is 0 Å². The predicted molar refractivity (Wildman–Crippen MR) is 115 cm³/mol. The normalized spacial score (nSPS) is 10.9. The Morgan fingerprint density at radius 3 is 2.52 bits per heavy atom. The van der Waals surface area contributed by atoms with Gasteiger partial charge in [0.25, 0.3) is 15.9 Å². The molecule has 0 bridgehead atoms. The van der Waals surface area contributed by atoms with Gasteiger partial charge in [0.15, 0.2) is 0 Å². The summed E-state index contributed by atoms with van der Waals surface area (Å²) in [7, 11) is -3.98. The fourth-order valence-corrected chi connectivity index (χ4v) is 4.45. The minimum Gasteiger partial charge on any atom is -0.322 e. The molecular weight excluding hydrogens is 410 g/mol. The average Bonchev–Trinajstić information content (AvgIpc) is 2.73. The number of rotatable bonds is 7. The van der Waals surface area contributed by atoms with E-state index in [1.165, 1.54) is 24.3 Å². The topological polar surface area (TPSA) is 79.4 Å². The molecular formula is C21H18ClN3O3S. The van der Waals surface area contributed by atoms with Gasteiger partial charge in [0, 0.05) is 23.6 Å². The number of aromatic nitrogens is 1. The first-order valence-corrected chi connectivity index (χ1v) is 10.4. The Labute approximate surface area is 174 Å². The number of carbonyl (C=O) groups is 1. The molecule has 8 heteroatoms. The number of hydrogen-bond donors (Lipinski definition) is 1. The first-order valence-electron chi connectivity index (χ1n) is 8.63. The van der Waals surface area contributed by atoms with E-state index in [2.05, 4.69) is 16.9 Å². The van der Waals surface area contributed by atoms with E-state index < -0.39 is 15.9 Å². The number of sulfonamides is 1. The summed E-state index contributed by atoms with van der Waals surface area (Å²) >= 11 is 6.21. The van der Waals surface area contributed by atoms with Gasteiger partial charge in [-0.25, -0.2) is 8.42 Å². The highest BCUT2D eigenvalue weighted by molar-refractivity contribution is 7.92. The average molecular weight is 428 g/mol. The second-order valence-corrected chi connectivity index (χ2v) is 8.26. The van der Waals surface area contributed by atoms with Crippen LogP contribution in [-0.4, -0.2) is 25.9 Å². The van der Waals surface area contributed by atoms with Gasteiger partial charge in [-0.3, -0.25) is 14.1 Å². The summed E-state index contributed by atoms with van der Waals surface area (Å²) < 4.78 is 27.7. The number of anilines is 2. The van der Waals surface area contributed by atoms with Crippen LogP contribution in [0.4, 0.5) is 11.4 Å². The van der Waals surface area contributed by atoms with Gasteiger partial charge < -0.3 is 5.32 Å². The second kappa shape index (κ2) is 8.89. The molecule has 0 radical (unpaired) electrons. The molecule has 3 rings (SSSR count). The number of benzene rings is 2. The molecule has 0 aliphatic carbocycles. The van der Waals surface area contributed by atoms with Crippen LogP contribution < -0.4 is 9.62 Å². The first kappa shape index (κ1) is 20.6. The molecule has 0 saturated carbocycles. The zero-order valence-electron chi connectivity index (χ0n) is 15.3. The van der Waals surface area contributed by atoms with Gasteiger partial charge in [-0.1, -0.05) is 35.9 Å². The third-order valence-electron chi connectivity index (χ3n) is 4.04. The minimum atomic E-state index is -3.98. The van der Waals surface area contributed by atoms with Crippen molar-refractivity contribution in [1.82, 2.24) is 4.98 Å². The van der Waals surface area contributed by atoms with Crippen molar-refractivity contribution in [2.24, 2.45) is 0 Å². The van der Waals surface area contributed by atoms with Gasteiger partial charge >= 0.3 is 0 Å². The van der Waals surface area contributed by atoms with Crippen molar-refractivity contribution in [3.05, 3.63) is 96.3 Å². The second-order valence-electron chi connectivity index (χ2n) is 5.99. The maximum Gasteiger partial charge on any atom is 0.264 e. The maximum atomic E-state index is 13.3. The number of amides is 1. The monoisotopic (exact) mass is 427 g/mol. The summed E-state index contributed by atoms with van der Waals surface area (Å²) in [6.45, 7) is 3.66. The van der Waals surface area contributed by atoms with Crippen molar-refractivity contribution in [3.8, 4) is 0 Å². The highest BCUT2D eigenvalue weighted by atomic mass is 35.5. The van der Waals surface area contributed by atoms with Gasteiger partial charge in [-0.05, 0) is 42.5 Å². The van der Waals surface area contributed by atoms with Crippen LogP contribution >= 0.6 is 11.6 Å². The van der Waals surface area contributed by atoms with E-state index in [0.717, 1.165) is 4.31 Å². The number of para-hydroxylation sites is 1. The van der Waals surface area contributed by atoms with Crippen LogP contribution in [0.2, 0.25) is 5.02 Å². The van der Waals surface area contributed by atoms with Crippen molar-refractivity contribution in [2.45, 2.75) is 4.90 Å². The molecule has 1 heterocycles. The van der Waals surface area contributed by atoms with Gasteiger partial charge in [-0.2, -0.15) is 0 Å². The van der Waals surface area contributed by atoms with Crippen LogP contribution in [0.3, 0.4) is 0 Å². The molecule has 148 valence electrons. The van der Waals surface area contributed by atoms with E-state index in [0.29, 0.717) is 16.4 Å². The number of nitrogens with zero attached hydrogens (tertiary/aromatic N) is 2. The van der Waals surface area contributed by atoms with Crippen LogP contribution in [0, 0.1) is 0 Å². The number of nitrogens with one attached hydrogen (secondary N) is 1. The van der Waals surface area contributed by atoms with Crippen LogP contribution in [-0.2, 0) is 10.0 Å². The molecule has 3 aromatic rings. The summed E-state index contributed by atoms with van der Waals surface area (Å²) in [6.07, 6.45) is 4.57. The SMILES string of the molecule is C=CCN(c1ccccc1Cl)S(=O)(=O)c1cccc(C(=O)Nc2ccncc2)c1. The highest BCUT2D eigenvalue weighted by Gasteiger charge is 2.26. The molecule has 2 aromatic carbocycles. The molecule has 0 fully saturated rings. The standard InChI is InChI=1S/C21H18ClN3O3S/c1-2-14-25(20-9-4-3-8-19(20)22)29(27,28)18-7-5-6-16(15-18)21(26)24-17-10-12-23-13-11-17/h2-13,15H,1,14H2,(H,23,24,26). The van der Waals surface area contributed by atoms with Crippen LogP contribution in [0.1, 0.15) is 10.4 Å². The third kappa shape index (κ3) is 4.64. The Kier molecular flexibility index (Phi) is 6.31. The number of halogens is 1. The van der Waals surface area contributed by atoms with Crippen molar-refractivity contribution in [2.75, 3.05) is 16.2 Å². The van der Waals surface area contributed by atoms with Crippen LogP contribution in [0.5, 0.6) is 0 Å². The highest BCUT2D eigenvalue weighted by Crippen LogP contribution is 2.30. The van der Waals surface area contributed by atoms with E-state index >= 15 is 0 Å². The molecule has 0 atom stereocenters. The molecule has 0 aliphatic heterocycles. The van der Waals surface area contributed by atoms with Crippen molar-refractivity contribution >= 4 is 38.9 Å². The van der Waals surface area contributed by atoms with E-state index in [1.54, 1.807) is 54.9 Å². The van der Waals surface area contributed by atoms with Gasteiger partial charge in [0.05, 0.1) is 22.2 Å². The van der Waals surface area contributed by atoms with Crippen LogP contribution in [0.25, 0.3) is 0 Å². The number of pyridine rings is 1. The minimum absolute atomic E-state index is 0.0263. The molecule has 0 spiro atoms. The zero-order chi connectivity index (χ0) is 20.9. The maximum absolute atomic E-state index is 13.3. The van der Waals surface area contributed by atoms with Crippen molar-refractivity contribution in [1.29, 1.82) is 0 Å². The summed E-state index contributed by atoms with van der Waals surface area (Å²) in [4.78, 5) is 16.4. The molecule has 1 amide bonds. The van der Waals surface area contributed by atoms with Gasteiger partial charge in [0.2, 0.25) is 0 Å². The summed E-state index contributed by atoms with van der Waals surface area (Å²) in [5.41, 5.74) is 1.10. The summed E-state index contributed by atoms with van der Waals surface area (Å²) in [5.74, 6) is -0.429. The Morgan fingerprint density at radius 1 is 1.10 bits per heavy atom. The Balaban J connectivity index is 1.96. The Bertz CT molecular complexity index is 1130. The molecule has 0 aliphatic rings. The van der Waals surface area contributed by atoms with E-state index in [9.17, 15) is 13.2 Å². The first-order chi connectivity index (χ1) is 13.9. The molecule has 0 saturated heterocycles. The smallest absolute Gasteiger partial charge is 0.264 e. The molecule has 6 nitrogen and oxygen atoms in total. The number of hydrogen-bond acceptors (Lipinski definition) is 4. The van der Waals surface area contributed by atoms with E-state index in [-0.39, 0.29) is 17.0 Å². The molecule has 29 heavy (non-hydrogen) atoms. The van der Waals surface area contributed by atoms with Crippen LogP contribution in [0.15, 0.2) is 90.6 Å². The van der Waals surface area contributed by atoms with Crippen molar-refractivity contribution < 1.29 is 13.2 Å². The summed E-state index contributed by atoms with van der Waals surface area (Å²) in [5, 5.41) is 3.00. The Morgan fingerprint density at radius 2 is 1.83 bits per heavy atom. The lowest BCUT2D eigenvalue weighted by molar-refractivity contribution is 0.102. The zero-order valence-corrected chi connectivity index (χ0v) is 16.9. The third-order valence-corrected chi connectivity index (χ3v) is 6.13. The lowest BCUT2D eigenvalue weighted by Gasteiger charge is -2.24. The lowest BCUT2D eigenvalue weighted by atomic mass is 10.2. The largest absolute Gasteiger partial charge is 0.322 e. The Hall–Kier alpha value is -3.16. The fourth-order valence-electron chi connectivity index (χ4n) is 2.66. The fraction of sp³-hybridized carbons (Fsp3) is 0.0476. The quantitative estimate of drug-likeness (QED) is 0.568. The molecule has 1 aromatic heterocycles. The molecule has 0 unspecified atom stereocenters. The van der Waals surface area contributed by atoms with Gasteiger partial charge in [0.1, 0.15) is 0 Å². The van der Waals surface area contributed by atoms with Gasteiger partial charge in [-0.15, -0.1) is 6.58 Å². The summed E-state index contributed by atoms with van der Waals surface area (Å²) in [6, 6.07) is 15.8. The van der Waals surface area contributed by atoms with E-state index in [4.69, 9.17) is 11.6 Å². The lowest BCUT2D eigenvalue weighted by Crippen LogP contribution is -2.31. The van der Waals surface area contributed by atoms with E-state index in [1.807, 2.05) is 0 Å². The predicted octanol–water partition coefficient (Wildman–Crippen LogP) is 4.37.